The zero-order chi connectivity index (χ0) is 13.9. The maximum Gasteiger partial charge on any atom is 0.299 e. The van der Waals surface area contributed by atoms with Gasteiger partial charge >= 0.3 is 0 Å². The lowest BCUT2D eigenvalue weighted by atomic mass is 10.2. The average Bonchev–Trinajstić information content (AvgIpc) is 2.23. The van der Waals surface area contributed by atoms with E-state index in [0.29, 0.717) is 16.6 Å². The van der Waals surface area contributed by atoms with Crippen molar-refractivity contribution in [2.75, 3.05) is 11.3 Å². The van der Waals surface area contributed by atoms with Gasteiger partial charge in [0.05, 0.1) is 10.2 Å². The maximum atomic E-state index is 13.3. The second-order valence-corrected chi connectivity index (χ2v) is 6.78. The van der Waals surface area contributed by atoms with Gasteiger partial charge in [-0.25, -0.2) is 4.39 Å². The molecule has 0 aliphatic carbocycles. The van der Waals surface area contributed by atoms with E-state index in [0.717, 1.165) is 6.07 Å². The lowest BCUT2D eigenvalue weighted by Gasteiger charge is -2.13. The van der Waals surface area contributed by atoms with E-state index in [4.69, 9.17) is 0 Å². The topological polar surface area (TPSA) is 58.2 Å². The van der Waals surface area contributed by atoms with E-state index < -0.39 is 16.0 Å². The first-order valence-corrected chi connectivity index (χ1v) is 7.72. The molecule has 1 aromatic carbocycles. The van der Waals surface area contributed by atoms with Gasteiger partial charge in [-0.3, -0.25) is 4.72 Å². The van der Waals surface area contributed by atoms with Gasteiger partial charge in [0.2, 0.25) is 0 Å². The van der Waals surface area contributed by atoms with E-state index in [2.05, 4.69) is 25.4 Å². The zero-order valence-electron chi connectivity index (χ0n) is 10.4. The average molecular weight is 339 g/mol. The Morgan fingerprint density at radius 3 is 2.56 bits per heavy atom. The van der Waals surface area contributed by atoms with Crippen molar-refractivity contribution >= 4 is 31.8 Å². The van der Waals surface area contributed by atoms with Crippen molar-refractivity contribution in [2.24, 2.45) is 5.92 Å². The van der Waals surface area contributed by atoms with Crippen LogP contribution in [-0.4, -0.2) is 15.0 Å². The first-order valence-electron chi connectivity index (χ1n) is 5.44. The summed E-state index contributed by atoms with van der Waals surface area (Å²) in [5, 5.41) is 0. The molecular weight excluding hydrogens is 323 g/mol. The van der Waals surface area contributed by atoms with Gasteiger partial charge in [0.25, 0.3) is 10.2 Å². The van der Waals surface area contributed by atoms with Gasteiger partial charge in [-0.2, -0.15) is 13.1 Å². The summed E-state index contributed by atoms with van der Waals surface area (Å²) in [5.74, 6) is -0.313. The van der Waals surface area contributed by atoms with Crippen molar-refractivity contribution in [2.45, 2.75) is 20.8 Å². The highest BCUT2D eigenvalue weighted by molar-refractivity contribution is 9.10. The SMILES string of the molecule is Cc1cc(Br)c(F)cc1NS(=O)(=O)NCC(C)C. The fourth-order valence-electron chi connectivity index (χ4n) is 1.21. The number of hydrogen-bond donors (Lipinski definition) is 2. The van der Waals surface area contributed by atoms with Crippen LogP contribution in [0.4, 0.5) is 10.1 Å². The zero-order valence-corrected chi connectivity index (χ0v) is 12.8. The van der Waals surface area contributed by atoms with E-state index in [1.165, 1.54) is 6.07 Å². The summed E-state index contributed by atoms with van der Waals surface area (Å²) in [7, 11) is -3.66. The summed E-state index contributed by atoms with van der Waals surface area (Å²) in [6.45, 7) is 5.82. The second-order valence-electron chi connectivity index (χ2n) is 4.43. The number of anilines is 1. The first-order chi connectivity index (χ1) is 8.21. The molecule has 0 aliphatic rings. The molecule has 1 rings (SSSR count). The summed E-state index contributed by atoms with van der Waals surface area (Å²) >= 11 is 3.04. The first kappa shape index (κ1) is 15.4. The molecule has 0 fully saturated rings. The number of benzene rings is 1. The smallest absolute Gasteiger partial charge is 0.271 e. The molecule has 102 valence electrons. The van der Waals surface area contributed by atoms with Crippen molar-refractivity contribution < 1.29 is 12.8 Å². The molecule has 0 spiro atoms. The minimum absolute atomic E-state index is 0.198. The molecule has 0 unspecified atom stereocenters. The summed E-state index contributed by atoms with van der Waals surface area (Å²) in [5.41, 5.74) is 0.866. The highest BCUT2D eigenvalue weighted by Gasteiger charge is 2.13. The van der Waals surface area contributed by atoms with Gasteiger partial charge in [0.1, 0.15) is 5.82 Å². The quantitative estimate of drug-likeness (QED) is 0.867. The number of rotatable bonds is 5. The van der Waals surface area contributed by atoms with Crippen LogP contribution >= 0.6 is 15.9 Å². The molecule has 2 N–H and O–H groups in total. The number of nitrogens with one attached hydrogen (secondary N) is 2. The lowest BCUT2D eigenvalue weighted by Crippen LogP contribution is -2.33. The standard InChI is InChI=1S/C11H16BrFN2O2S/c1-7(2)6-14-18(16,17)15-11-5-10(13)9(12)4-8(11)3/h4-5,7,14-15H,6H2,1-3H3. The minimum atomic E-state index is -3.66. The van der Waals surface area contributed by atoms with Gasteiger partial charge in [-0.15, -0.1) is 0 Å². The Labute approximate surface area is 115 Å². The molecule has 1 aromatic rings. The molecule has 0 aliphatic heterocycles. The fourth-order valence-corrected chi connectivity index (χ4v) is 2.81. The Hall–Kier alpha value is -0.660. The van der Waals surface area contributed by atoms with Gasteiger partial charge in [-0.1, -0.05) is 13.8 Å². The van der Waals surface area contributed by atoms with Crippen LogP contribution in [0, 0.1) is 18.7 Å². The lowest BCUT2D eigenvalue weighted by molar-refractivity contribution is 0.564. The van der Waals surface area contributed by atoms with E-state index in [1.54, 1.807) is 6.92 Å². The van der Waals surface area contributed by atoms with Crippen LogP contribution in [-0.2, 0) is 10.2 Å². The van der Waals surface area contributed by atoms with Crippen molar-refractivity contribution in [3.05, 3.63) is 28.0 Å². The third-order valence-corrected chi connectivity index (χ3v) is 3.84. The number of hydrogen-bond acceptors (Lipinski definition) is 2. The van der Waals surface area contributed by atoms with Crippen molar-refractivity contribution in [1.29, 1.82) is 0 Å². The highest BCUT2D eigenvalue weighted by Crippen LogP contribution is 2.24. The molecule has 0 aromatic heterocycles. The Balaban J connectivity index is 2.87. The Kier molecular flexibility index (Phi) is 5.12. The number of aryl methyl sites for hydroxylation is 1. The van der Waals surface area contributed by atoms with E-state index in [9.17, 15) is 12.8 Å². The fraction of sp³-hybridized carbons (Fsp3) is 0.455. The molecule has 0 bridgehead atoms. The third-order valence-electron chi connectivity index (χ3n) is 2.19. The monoisotopic (exact) mass is 338 g/mol. The summed E-state index contributed by atoms with van der Waals surface area (Å²) in [6.07, 6.45) is 0. The van der Waals surface area contributed by atoms with Crippen molar-refractivity contribution in [3.63, 3.8) is 0 Å². The maximum absolute atomic E-state index is 13.3. The van der Waals surface area contributed by atoms with E-state index in [1.807, 2.05) is 13.8 Å². The molecule has 7 heteroatoms. The molecule has 0 saturated heterocycles. The molecule has 0 atom stereocenters. The normalized spacial score (nSPS) is 11.9. The predicted molar refractivity (Wildman–Crippen MR) is 74.2 cm³/mol. The van der Waals surface area contributed by atoms with Crippen LogP contribution in [0.3, 0.4) is 0 Å². The Bertz CT molecular complexity index is 532. The van der Waals surface area contributed by atoms with Gasteiger partial charge in [0.15, 0.2) is 0 Å². The summed E-state index contributed by atoms with van der Waals surface area (Å²) in [6, 6.07) is 2.67. The van der Waals surface area contributed by atoms with Gasteiger partial charge < -0.3 is 0 Å². The van der Waals surface area contributed by atoms with Crippen LogP contribution in [0.15, 0.2) is 16.6 Å². The molecule has 0 amide bonds. The Morgan fingerprint density at radius 1 is 1.39 bits per heavy atom. The van der Waals surface area contributed by atoms with Gasteiger partial charge in [-0.05, 0) is 46.5 Å². The van der Waals surface area contributed by atoms with Crippen molar-refractivity contribution in [1.82, 2.24) is 4.72 Å². The van der Waals surface area contributed by atoms with E-state index in [-0.39, 0.29) is 11.6 Å². The summed E-state index contributed by atoms with van der Waals surface area (Å²) in [4.78, 5) is 0. The second kappa shape index (κ2) is 5.99. The minimum Gasteiger partial charge on any atom is -0.271 e. The molecule has 18 heavy (non-hydrogen) atoms. The molecule has 4 nitrogen and oxygen atoms in total. The molecular formula is C11H16BrFN2O2S. The van der Waals surface area contributed by atoms with Crippen LogP contribution in [0.5, 0.6) is 0 Å². The van der Waals surface area contributed by atoms with Gasteiger partial charge in [0, 0.05) is 6.54 Å². The predicted octanol–water partition coefficient (Wildman–Crippen LogP) is 2.80. The third kappa shape index (κ3) is 4.55. The highest BCUT2D eigenvalue weighted by atomic mass is 79.9. The van der Waals surface area contributed by atoms with E-state index >= 15 is 0 Å². The van der Waals surface area contributed by atoms with Crippen molar-refractivity contribution in [3.8, 4) is 0 Å². The molecule has 0 radical (unpaired) electrons. The largest absolute Gasteiger partial charge is 0.299 e. The molecule has 0 heterocycles. The van der Waals surface area contributed by atoms with Crippen LogP contribution in [0.25, 0.3) is 0 Å². The van der Waals surface area contributed by atoms with Crippen LogP contribution in [0.1, 0.15) is 19.4 Å². The van der Waals surface area contributed by atoms with Crippen LogP contribution in [0.2, 0.25) is 0 Å². The summed E-state index contributed by atoms with van der Waals surface area (Å²) < 4.78 is 41.7. The Morgan fingerprint density at radius 2 is 2.00 bits per heavy atom. The molecule has 0 saturated carbocycles. The number of halogens is 2. The van der Waals surface area contributed by atoms with Crippen LogP contribution < -0.4 is 9.44 Å².